The highest BCUT2D eigenvalue weighted by Crippen LogP contribution is 2.13. The van der Waals surface area contributed by atoms with Crippen LogP contribution in [0.15, 0.2) is 42.6 Å². The first-order chi connectivity index (χ1) is 7.75. The lowest BCUT2D eigenvalue weighted by Gasteiger charge is -2.13. The summed E-state index contributed by atoms with van der Waals surface area (Å²) >= 11 is 0. The van der Waals surface area contributed by atoms with Gasteiger partial charge in [-0.1, -0.05) is 12.1 Å². The van der Waals surface area contributed by atoms with Crippen molar-refractivity contribution in [2.24, 2.45) is 0 Å². The molecule has 3 heteroatoms. The monoisotopic (exact) mass is 218 g/mol. The molecule has 84 valence electrons. The van der Waals surface area contributed by atoms with Crippen molar-refractivity contribution in [3.8, 4) is 0 Å². The maximum atomic E-state index is 12.7. The quantitative estimate of drug-likeness (QED) is 0.811. The normalized spacial score (nSPS) is 12.6. The molecule has 0 aliphatic rings. The van der Waals surface area contributed by atoms with Gasteiger partial charge in [0.2, 0.25) is 0 Å². The number of H-pyrrole nitrogens is 1. The first-order valence-electron chi connectivity index (χ1n) is 5.37. The maximum absolute atomic E-state index is 12.7. The zero-order chi connectivity index (χ0) is 11.4. The first-order valence-corrected chi connectivity index (χ1v) is 5.37. The predicted molar refractivity (Wildman–Crippen MR) is 62.4 cm³/mol. The van der Waals surface area contributed by atoms with Crippen molar-refractivity contribution in [3.63, 3.8) is 0 Å². The van der Waals surface area contributed by atoms with Gasteiger partial charge in [-0.05, 0) is 36.8 Å². The number of aromatic nitrogens is 1. The molecule has 0 fully saturated rings. The molecule has 2 rings (SSSR count). The van der Waals surface area contributed by atoms with E-state index in [2.05, 4.69) is 17.2 Å². The average molecular weight is 218 g/mol. The van der Waals surface area contributed by atoms with Crippen LogP contribution in [-0.4, -0.2) is 4.98 Å². The third-order valence-electron chi connectivity index (χ3n) is 2.63. The van der Waals surface area contributed by atoms with E-state index in [0.717, 1.165) is 17.8 Å². The van der Waals surface area contributed by atoms with Crippen LogP contribution in [0.5, 0.6) is 0 Å². The van der Waals surface area contributed by atoms with Gasteiger partial charge in [0.1, 0.15) is 5.82 Å². The molecule has 2 N–H and O–H groups in total. The summed E-state index contributed by atoms with van der Waals surface area (Å²) in [6.45, 7) is 2.85. The number of hydrogen-bond acceptors (Lipinski definition) is 1. The lowest BCUT2D eigenvalue weighted by molar-refractivity contribution is 0.566. The molecule has 0 aliphatic heterocycles. The van der Waals surface area contributed by atoms with Crippen molar-refractivity contribution in [2.75, 3.05) is 0 Å². The molecule has 0 bridgehead atoms. The summed E-state index contributed by atoms with van der Waals surface area (Å²) in [6, 6.07) is 10.8. The number of rotatable bonds is 4. The number of hydrogen-bond donors (Lipinski definition) is 2. The Morgan fingerprint density at radius 1 is 1.25 bits per heavy atom. The SMILES string of the molecule is C[C@H](NCc1ccc[nH]1)c1ccc(F)cc1. The van der Waals surface area contributed by atoms with Crippen LogP contribution in [-0.2, 0) is 6.54 Å². The maximum Gasteiger partial charge on any atom is 0.123 e. The van der Waals surface area contributed by atoms with E-state index < -0.39 is 0 Å². The van der Waals surface area contributed by atoms with E-state index in [1.807, 2.05) is 30.5 Å². The predicted octanol–water partition coefficient (Wildman–Crippen LogP) is 3.00. The molecule has 0 saturated carbocycles. The van der Waals surface area contributed by atoms with Crippen LogP contribution in [0.1, 0.15) is 24.2 Å². The minimum absolute atomic E-state index is 0.194. The molecule has 1 aromatic heterocycles. The second-order valence-corrected chi connectivity index (χ2v) is 3.85. The van der Waals surface area contributed by atoms with Crippen LogP contribution in [0.25, 0.3) is 0 Å². The van der Waals surface area contributed by atoms with Gasteiger partial charge < -0.3 is 10.3 Å². The highest BCUT2D eigenvalue weighted by atomic mass is 19.1. The average Bonchev–Trinajstić information content (AvgIpc) is 2.80. The Morgan fingerprint density at radius 3 is 2.62 bits per heavy atom. The molecule has 16 heavy (non-hydrogen) atoms. The lowest BCUT2D eigenvalue weighted by atomic mass is 10.1. The van der Waals surface area contributed by atoms with E-state index in [4.69, 9.17) is 0 Å². The van der Waals surface area contributed by atoms with Crippen molar-refractivity contribution < 1.29 is 4.39 Å². The summed E-state index contributed by atoms with van der Waals surface area (Å²) in [5.41, 5.74) is 2.24. The van der Waals surface area contributed by atoms with Crippen molar-refractivity contribution in [3.05, 3.63) is 59.7 Å². The van der Waals surface area contributed by atoms with Crippen molar-refractivity contribution in [1.82, 2.24) is 10.3 Å². The summed E-state index contributed by atoms with van der Waals surface area (Å²) in [5.74, 6) is -0.194. The van der Waals surface area contributed by atoms with Gasteiger partial charge in [-0.25, -0.2) is 4.39 Å². The van der Waals surface area contributed by atoms with E-state index >= 15 is 0 Å². The third kappa shape index (κ3) is 2.70. The molecular weight excluding hydrogens is 203 g/mol. The van der Waals surface area contributed by atoms with E-state index in [1.54, 1.807) is 0 Å². The van der Waals surface area contributed by atoms with Crippen LogP contribution in [0.4, 0.5) is 4.39 Å². The zero-order valence-corrected chi connectivity index (χ0v) is 9.20. The van der Waals surface area contributed by atoms with E-state index in [0.29, 0.717) is 0 Å². The topological polar surface area (TPSA) is 27.8 Å². The van der Waals surface area contributed by atoms with Crippen LogP contribution in [0.2, 0.25) is 0 Å². The van der Waals surface area contributed by atoms with Crippen molar-refractivity contribution >= 4 is 0 Å². The standard InChI is InChI=1S/C13H15FN2/c1-10(11-4-6-12(14)7-5-11)16-9-13-3-2-8-15-13/h2-8,10,15-16H,9H2,1H3/t10-/m0/s1. The summed E-state index contributed by atoms with van der Waals surface area (Å²) in [7, 11) is 0. The van der Waals surface area contributed by atoms with Gasteiger partial charge in [-0.3, -0.25) is 0 Å². The van der Waals surface area contributed by atoms with Gasteiger partial charge in [0, 0.05) is 24.5 Å². The van der Waals surface area contributed by atoms with Crippen LogP contribution in [0.3, 0.4) is 0 Å². The summed E-state index contributed by atoms with van der Waals surface area (Å²) in [5, 5.41) is 3.37. The molecule has 0 saturated heterocycles. The lowest BCUT2D eigenvalue weighted by Crippen LogP contribution is -2.18. The molecule has 2 aromatic rings. The largest absolute Gasteiger partial charge is 0.364 e. The molecular formula is C13H15FN2. The molecule has 1 aromatic carbocycles. The van der Waals surface area contributed by atoms with Crippen LogP contribution >= 0.6 is 0 Å². The highest BCUT2D eigenvalue weighted by Gasteiger charge is 2.04. The van der Waals surface area contributed by atoms with Crippen LogP contribution < -0.4 is 5.32 Å². The smallest absolute Gasteiger partial charge is 0.123 e. The molecule has 1 atom stereocenters. The van der Waals surface area contributed by atoms with Gasteiger partial charge in [-0.2, -0.15) is 0 Å². The van der Waals surface area contributed by atoms with Gasteiger partial charge >= 0.3 is 0 Å². The Bertz CT molecular complexity index is 420. The Labute approximate surface area is 94.5 Å². The van der Waals surface area contributed by atoms with E-state index in [-0.39, 0.29) is 11.9 Å². The molecule has 0 radical (unpaired) electrons. The zero-order valence-electron chi connectivity index (χ0n) is 9.20. The van der Waals surface area contributed by atoms with Gasteiger partial charge in [0.25, 0.3) is 0 Å². The highest BCUT2D eigenvalue weighted by molar-refractivity contribution is 5.19. The van der Waals surface area contributed by atoms with Crippen molar-refractivity contribution in [1.29, 1.82) is 0 Å². The fourth-order valence-corrected chi connectivity index (χ4v) is 1.61. The number of aromatic amines is 1. The number of benzene rings is 1. The summed E-state index contributed by atoms with van der Waals surface area (Å²) < 4.78 is 12.7. The Kier molecular flexibility index (Phi) is 3.37. The van der Waals surface area contributed by atoms with E-state index in [9.17, 15) is 4.39 Å². The summed E-state index contributed by atoms with van der Waals surface area (Å²) in [6.07, 6.45) is 1.90. The Morgan fingerprint density at radius 2 is 2.00 bits per heavy atom. The first kappa shape index (κ1) is 10.9. The number of halogens is 1. The fourth-order valence-electron chi connectivity index (χ4n) is 1.61. The molecule has 0 unspecified atom stereocenters. The van der Waals surface area contributed by atoms with Crippen molar-refractivity contribution in [2.45, 2.75) is 19.5 Å². The minimum atomic E-state index is -0.194. The van der Waals surface area contributed by atoms with Gasteiger partial charge in [0.15, 0.2) is 0 Å². The second-order valence-electron chi connectivity index (χ2n) is 3.85. The molecule has 2 nitrogen and oxygen atoms in total. The molecule has 0 spiro atoms. The second kappa shape index (κ2) is 4.94. The molecule has 0 amide bonds. The Balaban J connectivity index is 1.93. The fraction of sp³-hybridized carbons (Fsp3) is 0.231. The number of nitrogens with one attached hydrogen (secondary N) is 2. The van der Waals surface area contributed by atoms with E-state index in [1.165, 1.54) is 12.1 Å². The minimum Gasteiger partial charge on any atom is -0.364 e. The Hall–Kier alpha value is -1.61. The molecule has 1 heterocycles. The van der Waals surface area contributed by atoms with Crippen LogP contribution in [0, 0.1) is 5.82 Å². The third-order valence-corrected chi connectivity index (χ3v) is 2.63. The summed E-state index contributed by atoms with van der Waals surface area (Å²) in [4.78, 5) is 3.13. The molecule has 0 aliphatic carbocycles. The van der Waals surface area contributed by atoms with Gasteiger partial charge in [0.05, 0.1) is 0 Å². The van der Waals surface area contributed by atoms with Gasteiger partial charge in [-0.15, -0.1) is 0 Å².